The Kier molecular flexibility index (Phi) is 7.17. The van der Waals surface area contributed by atoms with Crippen molar-refractivity contribution in [1.29, 1.82) is 0 Å². The average molecular weight is 363 g/mol. The third kappa shape index (κ3) is 6.42. The standard InChI is InChI=1S/C20H29NO5/c1-14(2)12-16(18(22)24-13-15-8-6-5-7-9-15)21-11-10-17-19(23)26-20(3,4)25-17/h5-9,14,16-17,21H,10-13H2,1-4H3/t16-,17+/m0/s1. The van der Waals surface area contributed by atoms with E-state index < -0.39 is 17.9 Å². The molecule has 0 spiro atoms. The number of hydrogen-bond donors (Lipinski definition) is 1. The highest BCUT2D eigenvalue weighted by Crippen LogP contribution is 2.25. The number of hydrogen-bond acceptors (Lipinski definition) is 6. The van der Waals surface area contributed by atoms with E-state index in [0.29, 0.717) is 25.3 Å². The molecule has 1 fully saturated rings. The Morgan fingerprint density at radius 3 is 2.54 bits per heavy atom. The second kappa shape index (κ2) is 9.14. The molecule has 0 bridgehead atoms. The van der Waals surface area contributed by atoms with Crippen LogP contribution in [0.15, 0.2) is 30.3 Å². The van der Waals surface area contributed by atoms with Crippen LogP contribution in [0, 0.1) is 5.92 Å². The Hall–Kier alpha value is -1.92. The lowest BCUT2D eigenvalue weighted by molar-refractivity contribution is -0.161. The van der Waals surface area contributed by atoms with Crippen molar-refractivity contribution in [1.82, 2.24) is 5.32 Å². The van der Waals surface area contributed by atoms with Gasteiger partial charge < -0.3 is 19.5 Å². The van der Waals surface area contributed by atoms with Crippen molar-refractivity contribution in [2.24, 2.45) is 5.92 Å². The van der Waals surface area contributed by atoms with E-state index in [1.165, 1.54) is 0 Å². The molecular weight excluding hydrogens is 334 g/mol. The number of nitrogens with one attached hydrogen (secondary N) is 1. The summed E-state index contributed by atoms with van der Waals surface area (Å²) in [4.78, 5) is 24.2. The van der Waals surface area contributed by atoms with E-state index in [0.717, 1.165) is 5.56 Å². The van der Waals surface area contributed by atoms with Gasteiger partial charge in [-0.15, -0.1) is 0 Å². The molecular formula is C20H29NO5. The number of carbonyl (C=O) groups is 2. The molecule has 2 atom stereocenters. The first-order chi connectivity index (χ1) is 12.3. The number of benzene rings is 1. The van der Waals surface area contributed by atoms with E-state index in [9.17, 15) is 9.59 Å². The van der Waals surface area contributed by atoms with Gasteiger partial charge in [0.15, 0.2) is 6.10 Å². The Bertz CT molecular complexity index is 599. The Balaban J connectivity index is 1.82. The van der Waals surface area contributed by atoms with Gasteiger partial charge in [-0.1, -0.05) is 44.2 Å². The predicted molar refractivity (Wildman–Crippen MR) is 97.1 cm³/mol. The lowest BCUT2D eigenvalue weighted by atomic mass is 10.0. The minimum atomic E-state index is -0.881. The normalized spacial score (nSPS) is 20.0. The first kappa shape index (κ1) is 20.4. The zero-order valence-corrected chi connectivity index (χ0v) is 16.0. The van der Waals surface area contributed by atoms with E-state index >= 15 is 0 Å². The molecule has 1 aliphatic rings. The van der Waals surface area contributed by atoms with Gasteiger partial charge in [-0.3, -0.25) is 4.79 Å². The molecule has 1 N–H and O–H groups in total. The minimum Gasteiger partial charge on any atom is -0.460 e. The van der Waals surface area contributed by atoms with Gasteiger partial charge in [-0.2, -0.15) is 0 Å². The van der Waals surface area contributed by atoms with Crippen LogP contribution in [0.5, 0.6) is 0 Å². The van der Waals surface area contributed by atoms with Crippen LogP contribution in [0.2, 0.25) is 0 Å². The van der Waals surface area contributed by atoms with Crippen molar-refractivity contribution in [2.75, 3.05) is 6.54 Å². The second-order valence-corrected chi connectivity index (χ2v) is 7.45. The van der Waals surface area contributed by atoms with Crippen molar-refractivity contribution in [2.45, 2.75) is 65.1 Å². The van der Waals surface area contributed by atoms with Gasteiger partial charge in [-0.05, 0) is 30.9 Å². The first-order valence-electron chi connectivity index (χ1n) is 9.11. The van der Waals surface area contributed by atoms with Crippen LogP contribution in [0.3, 0.4) is 0 Å². The first-order valence-corrected chi connectivity index (χ1v) is 9.11. The quantitative estimate of drug-likeness (QED) is 0.680. The number of esters is 2. The maximum atomic E-state index is 12.4. The molecule has 0 saturated carbocycles. The van der Waals surface area contributed by atoms with E-state index in [4.69, 9.17) is 14.2 Å². The van der Waals surface area contributed by atoms with Gasteiger partial charge in [0.05, 0.1) is 0 Å². The zero-order valence-electron chi connectivity index (χ0n) is 16.0. The summed E-state index contributed by atoms with van der Waals surface area (Å²) in [6, 6.07) is 9.17. The molecule has 6 heteroatoms. The zero-order chi connectivity index (χ0) is 19.2. The molecule has 26 heavy (non-hydrogen) atoms. The third-order valence-electron chi connectivity index (χ3n) is 4.05. The smallest absolute Gasteiger partial charge is 0.337 e. The number of carbonyl (C=O) groups excluding carboxylic acids is 2. The fourth-order valence-corrected chi connectivity index (χ4v) is 2.85. The molecule has 1 aromatic rings. The van der Waals surface area contributed by atoms with E-state index in [-0.39, 0.29) is 18.5 Å². The van der Waals surface area contributed by atoms with Gasteiger partial charge in [-0.25, -0.2) is 4.79 Å². The van der Waals surface area contributed by atoms with Gasteiger partial charge >= 0.3 is 11.9 Å². The lowest BCUT2D eigenvalue weighted by Gasteiger charge is -2.20. The number of ether oxygens (including phenoxy) is 3. The summed E-state index contributed by atoms with van der Waals surface area (Å²) in [5.74, 6) is -1.18. The molecule has 0 unspecified atom stereocenters. The predicted octanol–water partition coefficient (Wildman–Crippen LogP) is 2.80. The molecule has 1 heterocycles. The summed E-state index contributed by atoms with van der Waals surface area (Å²) in [6.07, 6.45) is 0.510. The summed E-state index contributed by atoms with van der Waals surface area (Å²) >= 11 is 0. The molecule has 6 nitrogen and oxygen atoms in total. The monoisotopic (exact) mass is 363 g/mol. The van der Waals surface area contributed by atoms with Crippen molar-refractivity contribution in [3.8, 4) is 0 Å². The van der Waals surface area contributed by atoms with Crippen LogP contribution < -0.4 is 5.32 Å². The Labute approximate surface area is 155 Å². The molecule has 144 valence electrons. The summed E-state index contributed by atoms with van der Waals surface area (Å²) in [5, 5.41) is 3.20. The van der Waals surface area contributed by atoms with Gasteiger partial charge in [0.25, 0.3) is 0 Å². The molecule has 1 aliphatic heterocycles. The Morgan fingerprint density at radius 1 is 1.27 bits per heavy atom. The minimum absolute atomic E-state index is 0.252. The van der Waals surface area contributed by atoms with Crippen LogP contribution in [0.1, 0.15) is 46.1 Å². The summed E-state index contributed by atoms with van der Waals surface area (Å²) in [6.45, 7) is 8.25. The maximum Gasteiger partial charge on any atom is 0.337 e. The number of rotatable bonds is 9. The van der Waals surface area contributed by atoms with Gasteiger partial charge in [0.2, 0.25) is 5.79 Å². The summed E-state index contributed by atoms with van der Waals surface area (Å²) in [7, 11) is 0. The molecule has 0 aliphatic carbocycles. The molecule has 1 aromatic carbocycles. The molecule has 0 radical (unpaired) electrons. The van der Waals surface area contributed by atoms with Crippen LogP contribution in [-0.4, -0.2) is 36.4 Å². The highest BCUT2D eigenvalue weighted by Gasteiger charge is 2.40. The van der Waals surface area contributed by atoms with Gasteiger partial charge in [0.1, 0.15) is 12.6 Å². The fourth-order valence-electron chi connectivity index (χ4n) is 2.85. The van der Waals surface area contributed by atoms with E-state index in [2.05, 4.69) is 19.2 Å². The topological polar surface area (TPSA) is 73.9 Å². The Morgan fingerprint density at radius 2 is 1.96 bits per heavy atom. The second-order valence-electron chi connectivity index (χ2n) is 7.45. The molecule has 0 amide bonds. The van der Waals surface area contributed by atoms with Crippen LogP contribution in [0.4, 0.5) is 0 Å². The summed E-state index contributed by atoms with van der Waals surface area (Å²) < 4.78 is 16.1. The van der Waals surface area contributed by atoms with Crippen LogP contribution >= 0.6 is 0 Å². The summed E-state index contributed by atoms with van der Waals surface area (Å²) in [5.41, 5.74) is 0.952. The fraction of sp³-hybridized carbons (Fsp3) is 0.600. The van der Waals surface area contributed by atoms with Crippen LogP contribution in [0.25, 0.3) is 0 Å². The van der Waals surface area contributed by atoms with Crippen molar-refractivity contribution in [3.05, 3.63) is 35.9 Å². The van der Waals surface area contributed by atoms with Gasteiger partial charge in [0, 0.05) is 13.8 Å². The molecule has 2 rings (SSSR count). The van der Waals surface area contributed by atoms with E-state index in [1.54, 1.807) is 13.8 Å². The largest absolute Gasteiger partial charge is 0.460 e. The highest BCUT2D eigenvalue weighted by molar-refractivity contribution is 5.77. The average Bonchev–Trinajstić information content (AvgIpc) is 2.84. The lowest BCUT2D eigenvalue weighted by Crippen LogP contribution is -2.40. The molecule has 0 aromatic heterocycles. The molecule has 1 saturated heterocycles. The maximum absolute atomic E-state index is 12.4. The third-order valence-corrected chi connectivity index (χ3v) is 4.05. The highest BCUT2D eigenvalue weighted by atomic mass is 16.8. The SMILES string of the molecule is CC(C)C[C@H](NCC[C@H]1OC(C)(C)OC1=O)C(=O)OCc1ccccc1. The van der Waals surface area contributed by atoms with Crippen molar-refractivity contribution in [3.63, 3.8) is 0 Å². The van der Waals surface area contributed by atoms with Crippen LogP contribution in [-0.2, 0) is 30.4 Å². The van der Waals surface area contributed by atoms with Crippen molar-refractivity contribution < 1.29 is 23.8 Å². The number of cyclic esters (lactones) is 1. The van der Waals surface area contributed by atoms with Crippen molar-refractivity contribution >= 4 is 11.9 Å². The van der Waals surface area contributed by atoms with E-state index in [1.807, 2.05) is 30.3 Å².